The van der Waals surface area contributed by atoms with E-state index in [2.05, 4.69) is 9.80 Å². The van der Waals surface area contributed by atoms with E-state index in [1.54, 1.807) is 24.3 Å². The highest BCUT2D eigenvalue weighted by Gasteiger charge is 2.32. The Labute approximate surface area is 305 Å². The number of nitrogens with zero attached hydrogens (tertiary/aromatic N) is 5. The number of anilines is 1. The summed E-state index contributed by atoms with van der Waals surface area (Å²) in [4.78, 5) is 5.83. The van der Waals surface area contributed by atoms with Crippen LogP contribution in [0.4, 0.5) is 5.69 Å². The molecule has 2 saturated heterocycles. The first-order valence-corrected chi connectivity index (χ1v) is 21.6. The average Bonchev–Trinajstić information content (AvgIpc) is 3.11. The van der Waals surface area contributed by atoms with Crippen LogP contribution >= 0.6 is 0 Å². The molecule has 0 unspecified atom stereocenters. The second-order valence-electron chi connectivity index (χ2n) is 13.4. The van der Waals surface area contributed by atoms with E-state index < -0.39 is 35.9 Å². The molecular weight excluding hydrogens is 735 g/mol. The molecule has 2 heterocycles. The molecule has 52 heavy (non-hydrogen) atoms. The summed E-state index contributed by atoms with van der Waals surface area (Å²) in [6.07, 6.45) is 0. The van der Waals surface area contributed by atoms with Crippen LogP contribution in [-0.4, -0.2) is 168 Å². The zero-order chi connectivity index (χ0) is 37.4. The van der Waals surface area contributed by atoms with E-state index in [1.807, 2.05) is 25.1 Å². The summed E-state index contributed by atoms with van der Waals surface area (Å²) in [7, 11) is -6.12. The van der Waals surface area contributed by atoms with Gasteiger partial charge in [-0.15, -0.1) is 0 Å². The van der Waals surface area contributed by atoms with Crippen molar-refractivity contribution in [3.05, 3.63) is 36.4 Å². The molecular formula is C34H47N5O10S3. The molecule has 6 rings (SSSR count). The average molecular weight is 782 g/mol. The molecule has 0 bridgehead atoms. The molecule has 18 heteroatoms. The summed E-state index contributed by atoms with van der Waals surface area (Å²) < 4.78 is 110. The number of hydrogen-bond acceptors (Lipinski definition) is 12. The fourth-order valence-electron chi connectivity index (χ4n) is 6.84. The van der Waals surface area contributed by atoms with Gasteiger partial charge in [0, 0.05) is 125 Å². The minimum atomic E-state index is -4.30. The molecule has 0 aliphatic carbocycles. The van der Waals surface area contributed by atoms with Crippen molar-refractivity contribution in [2.45, 2.75) is 9.79 Å². The van der Waals surface area contributed by atoms with E-state index in [-0.39, 0.29) is 29.5 Å². The van der Waals surface area contributed by atoms with Crippen LogP contribution in [0.25, 0.3) is 32.3 Å². The highest BCUT2D eigenvalue weighted by atomic mass is 32.2. The third-order valence-corrected chi connectivity index (χ3v) is 14.4. The molecule has 2 fully saturated rings. The van der Waals surface area contributed by atoms with Gasteiger partial charge in [-0.2, -0.15) is 17.0 Å². The van der Waals surface area contributed by atoms with Crippen LogP contribution in [0.2, 0.25) is 0 Å². The Bertz CT molecular complexity index is 2160. The van der Waals surface area contributed by atoms with E-state index in [4.69, 9.17) is 14.2 Å². The Balaban J connectivity index is 1.54. The SMILES string of the molecule is CN(C)c1cc(OCCS(=O)(=O)O)c2ccc3c(S(=O)(=O)N(C)CCN4CCOCC4)cc(S(=O)(=O)N(C)CCN4CCOCC4)c4ccc1c2c34. The molecule has 4 aromatic rings. The van der Waals surface area contributed by atoms with Crippen molar-refractivity contribution in [3.63, 3.8) is 0 Å². The number of ether oxygens (including phenoxy) is 3. The zero-order valence-corrected chi connectivity index (χ0v) is 32.4. The maximum absolute atomic E-state index is 14.6. The lowest BCUT2D eigenvalue weighted by Crippen LogP contribution is -2.42. The van der Waals surface area contributed by atoms with Gasteiger partial charge in [0.05, 0.1) is 36.2 Å². The van der Waals surface area contributed by atoms with Crippen LogP contribution in [0.3, 0.4) is 0 Å². The van der Waals surface area contributed by atoms with Gasteiger partial charge in [-0.05, 0) is 12.1 Å². The number of rotatable bonds is 15. The first-order chi connectivity index (χ1) is 24.6. The fraction of sp³-hybridized carbons (Fsp3) is 0.529. The van der Waals surface area contributed by atoms with Gasteiger partial charge in [-0.1, -0.05) is 18.2 Å². The molecule has 0 aromatic heterocycles. The molecule has 0 atom stereocenters. The minimum absolute atomic E-state index is 0.136. The second-order valence-corrected chi connectivity index (χ2v) is 19.0. The number of morpholine rings is 2. The summed E-state index contributed by atoms with van der Waals surface area (Å²) in [6.45, 7) is 6.04. The molecule has 4 aromatic carbocycles. The molecule has 286 valence electrons. The predicted molar refractivity (Wildman–Crippen MR) is 201 cm³/mol. The van der Waals surface area contributed by atoms with Crippen molar-refractivity contribution in [2.75, 3.05) is 124 Å². The van der Waals surface area contributed by atoms with Crippen molar-refractivity contribution < 1.29 is 44.0 Å². The summed E-state index contributed by atoms with van der Waals surface area (Å²) in [6, 6.07) is 9.94. The number of sulfonamides is 2. The van der Waals surface area contributed by atoms with Gasteiger partial charge in [-0.3, -0.25) is 14.4 Å². The Morgan fingerprint density at radius 1 is 0.673 bits per heavy atom. The van der Waals surface area contributed by atoms with Crippen LogP contribution in [-0.2, 0) is 39.6 Å². The molecule has 1 N–H and O–H groups in total. The lowest BCUT2D eigenvalue weighted by atomic mass is 9.92. The number of likely N-dealkylation sites (N-methyl/N-ethyl adjacent to an activating group) is 2. The highest BCUT2D eigenvalue weighted by molar-refractivity contribution is 7.90. The van der Waals surface area contributed by atoms with Crippen molar-refractivity contribution in [3.8, 4) is 5.75 Å². The first-order valence-electron chi connectivity index (χ1n) is 17.2. The van der Waals surface area contributed by atoms with E-state index in [1.165, 1.54) is 28.8 Å². The van der Waals surface area contributed by atoms with Crippen LogP contribution < -0.4 is 9.64 Å². The number of hydrogen-bond donors (Lipinski definition) is 1. The maximum Gasteiger partial charge on any atom is 0.268 e. The van der Waals surface area contributed by atoms with Crippen molar-refractivity contribution >= 4 is 68.2 Å². The third-order valence-electron chi connectivity index (χ3n) is 9.89. The van der Waals surface area contributed by atoms with E-state index >= 15 is 0 Å². The Morgan fingerprint density at radius 2 is 1.12 bits per heavy atom. The highest BCUT2D eigenvalue weighted by Crippen LogP contribution is 2.46. The summed E-state index contributed by atoms with van der Waals surface area (Å²) in [5.74, 6) is -0.331. The topological polar surface area (TPSA) is 167 Å². The van der Waals surface area contributed by atoms with Crippen LogP contribution in [0.5, 0.6) is 5.75 Å². The van der Waals surface area contributed by atoms with Crippen LogP contribution in [0.1, 0.15) is 0 Å². The quantitative estimate of drug-likeness (QED) is 0.137. The molecule has 2 aliphatic rings. The summed E-state index contributed by atoms with van der Waals surface area (Å²) in [5, 5.41) is 2.96. The third kappa shape index (κ3) is 7.96. The Kier molecular flexibility index (Phi) is 11.5. The molecule has 0 amide bonds. The lowest BCUT2D eigenvalue weighted by Gasteiger charge is -2.29. The van der Waals surface area contributed by atoms with Gasteiger partial charge in [0.2, 0.25) is 20.0 Å². The monoisotopic (exact) mass is 781 g/mol. The minimum Gasteiger partial charge on any atom is -0.492 e. The summed E-state index contributed by atoms with van der Waals surface area (Å²) >= 11 is 0. The van der Waals surface area contributed by atoms with Crippen LogP contribution in [0, 0.1) is 0 Å². The van der Waals surface area contributed by atoms with Gasteiger partial charge in [0.15, 0.2) is 0 Å². The van der Waals surface area contributed by atoms with Gasteiger partial charge >= 0.3 is 0 Å². The Morgan fingerprint density at radius 3 is 1.58 bits per heavy atom. The van der Waals surface area contributed by atoms with Crippen molar-refractivity contribution in [1.82, 2.24) is 18.4 Å². The smallest absolute Gasteiger partial charge is 0.268 e. The van der Waals surface area contributed by atoms with Crippen molar-refractivity contribution in [2.24, 2.45) is 0 Å². The van der Waals surface area contributed by atoms with Gasteiger partial charge in [0.1, 0.15) is 18.1 Å². The largest absolute Gasteiger partial charge is 0.492 e. The number of benzene rings is 4. The second kappa shape index (κ2) is 15.4. The first kappa shape index (κ1) is 38.8. The summed E-state index contributed by atoms with van der Waals surface area (Å²) in [5.41, 5.74) is 0.687. The molecule has 0 spiro atoms. The van der Waals surface area contributed by atoms with Gasteiger partial charge in [0.25, 0.3) is 10.1 Å². The zero-order valence-electron chi connectivity index (χ0n) is 29.9. The molecule has 2 aliphatic heterocycles. The van der Waals surface area contributed by atoms with Crippen molar-refractivity contribution in [1.29, 1.82) is 0 Å². The molecule has 0 saturated carbocycles. The lowest BCUT2D eigenvalue weighted by molar-refractivity contribution is 0.0367. The van der Waals surface area contributed by atoms with E-state index in [0.717, 1.165) is 5.39 Å². The normalized spacial score (nSPS) is 17.3. The van der Waals surface area contributed by atoms with E-state index in [0.29, 0.717) is 104 Å². The van der Waals surface area contributed by atoms with Crippen LogP contribution in [0.15, 0.2) is 46.2 Å². The predicted octanol–water partition coefficient (Wildman–Crippen LogP) is 1.82. The van der Waals surface area contributed by atoms with E-state index in [9.17, 15) is 29.8 Å². The Hall–Kier alpha value is -2.91. The van der Waals surface area contributed by atoms with Gasteiger partial charge in [-0.25, -0.2) is 16.8 Å². The molecule has 15 nitrogen and oxygen atoms in total. The van der Waals surface area contributed by atoms with Gasteiger partial charge < -0.3 is 19.1 Å². The molecule has 0 radical (unpaired) electrons. The standard InChI is InChI=1S/C34H47N5O10S3/c1-35(2)29-23-30(49-21-22-50(40,41)42)26-6-8-28-32(52(45,46)37(4)10-12-39-15-19-48-20-16-39)24-31(27-7-5-25(29)33(26)34(27)28)51(43,44)36(3)9-11-38-13-17-47-18-14-38/h5-8,23-24H,9-22H2,1-4H3,(H,40,41,42). The fourth-order valence-corrected chi connectivity index (χ4v) is 9.96. The maximum atomic E-state index is 14.6.